The first kappa shape index (κ1) is 12.0. The molecule has 19 heavy (non-hydrogen) atoms. The molecule has 0 radical (unpaired) electrons. The van der Waals surface area contributed by atoms with Crippen LogP contribution in [0.1, 0.15) is 19.3 Å². The van der Waals surface area contributed by atoms with Gasteiger partial charge in [0.15, 0.2) is 11.6 Å². The Balaban J connectivity index is 1.89. The van der Waals surface area contributed by atoms with E-state index < -0.39 is 0 Å². The van der Waals surface area contributed by atoms with Crippen LogP contribution in [0.4, 0.5) is 15.9 Å². The van der Waals surface area contributed by atoms with Crippen LogP contribution < -0.4 is 10.6 Å². The number of nitrogens with zero attached hydrogens (tertiary/aromatic N) is 2. The lowest BCUT2D eigenvalue weighted by Gasteiger charge is -2.29. The number of nitrogens with two attached hydrogens (primary N) is 1. The van der Waals surface area contributed by atoms with Gasteiger partial charge in [-0.2, -0.15) is 0 Å². The van der Waals surface area contributed by atoms with Crippen LogP contribution in [-0.2, 0) is 0 Å². The fourth-order valence-corrected chi connectivity index (χ4v) is 2.48. The molecule has 0 aliphatic carbocycles. The van der Waals surface area contributed by atoms with Crippen LogP contribution in [0, 0.1) is 5.82 Å². The number of halogens is 1. The second-order valence-corrected chi connectivity index (χ2v) is 4.83. The molecule has 1 aromatic heterocycles. The molecule has 2 aromatic rings. The summed E-state index contributed by atoms with van der Waals surface area (Å²) in [5, 5.41) is 3.60. The van der Waals surface area contributed by atoms with Crippen molar-refractivity contribution in [2.24, 2.45) is 0 Å². The second kappa shape index (κ2) is 4.91. The number of hydrogen-bond acceptors (Lipinski definition) is 4. The van der Waals surface area contributed by atoms with Crippen molar-refractivity contribution in [3.63, 3.8) is 0 Å². The molecule has 100 valence electrons. The summed E-state index contributed by atoms with van der Waals surface area (Å²) >= 11 is 0. The molecule has 0 amide bonds. The predicted octanol–water partition coefficient (Wildman–Crippen LogP) is 3.05. The Hall–Kier alpha value is -2.04. The largest absolute Gasteiger partial charge is 0.381 e. The zero-order valence-electron chi connectivity index (χ0n) is 10.6. The third-order valence-corrected chi connectivity index (χ3v) is 3.46. The van der Waals surface area contributed by atoms with Gasteiger partial charge in [-0.05, 0) is 37.5 Å². The third kappa shape index (κ3) is 2.41. The molecule has 1 saturated heterocycles. The smallest absolute Gasteiger partial charge is 0.169 e. The summed E-state index contributed by atoms with van der Waals surface area (Å²) in [5.41, 5.74) is 6.81. The van der Waals surface area contributed by atoms with Gasteiger partial charge in [0.1, 0.15) is 5.82 Å². The van der Waals surface area contributed by atoms with Gasteiger partial charge in [-0.1, -0.05) is 5.16 Å². The van der Waals surface area contributed by atoms with Crippen LogP contribution in [-0.4, -0.2) is 18.2 Å². The Morgan fingerprint density at radius 3 is 2.58 bits per heavy atom. The minimum Gasteiger partial charge on any atom is -0.381 e. The molecule has 2 heterocycles. The topological polar surface area (TPSA) is 55.3 Å². The first-order valence-corrected chi connectivity index (χ1v) is 6.51. The Morgan fingerprint density at radius 1 is 1.16 bits per heavy atom. The van der Waals surface area contributed by atoms with E-state index in [-0.39, 0.29) is 5.82 Å². The number of piperidine rings is 1. The van der Waals surface area contributed by atoms with Gasteiger partial charge in [0.2, 0.25) is 0 Å². The second-order valence-electron chi connectivity index (χ2n) is 4.83. The molecule has 5 heteroatoms. The summed E-state index contributed by atoms with van der Waals surface area (Å²) < 4.78 is 19.2. The van der Waals surface area contributed by atoms with Crippen LogP contribution in [0.3, 0.4) is 0 Å². The van der Waals surface area contributed by atoms with Crippen molar-refractivity contribution in [3.8, 4) is 11.3 Å². The van der Waals surface area contributed by atoms with Gasteiger partial charge >= 0.3 is 0 Å². The molecule has 3 rings (SSSR count). The molecular formula is C14H16FN3O. The third-order valence-electron chi connectivity index (χ3n) is 3.46. The summed E-state index contributed by atoms with van der Waals surface area (Å²) in [5.74, 6) is 0.562. The van der Waals surface area contributed by atoms with Gasteiger partial charge in [0.25, 0.3) is 0 Å². The summed E-state index contributed by atoms with van der Waals surface area (Å²) in [6, 6.07) is 6.71. The minimum atomic E-state index is -0.227. The van der Waals surface area contributed by atoms with E-state index in [4.69, 9.17) is 10.3 Å². The lowest BCUT2D eigenvalue weighted by Crippen LogP contribution is -2.30. The molecule has 0 bridgehead atoms. The van der Waals surface area contributed by atoms with Crippen molar-refractivity contribution in [2.75, 3.05) is 23.7 Å². The predicted molar refractivity (Wildman–Crippen MR) is 72.4 cm³/mol. The molecule has 0 atom stereocenters. The van der Waals surface area contributed by atoms with E-state index in [1.54, 1.807) is 12.1 Å². The molecule has 0 saturated carbocycles. The highest BCUT2D eigenvalue weighted by atomic mass is 19.1. The van der Waals surface area contributed by atoms with Crippen molar-refractivity contribution < 1.29 is 8.91 Å². The Kier molecular flexibility index (Phi) is 3.11. The van der Waals surface area contributed by atoms with Gasteiger partial charge in [-0.25, -0.2) is 4.39 Å². The molecule has 1 fully saturated rings. The van der Waals surface area contributed by atoms with Gasteiger partial charge < -0.3 is 15.2 Å². The standard InChI is InChI=1S/C14H16FN3O/c15-11-8-10(13-9-14(16)17-19-13)4-5-12(11)18-6-2-1-3-7-18/h4-5,8-9H,1-3,6-7H2,(H2,16,17). The molecule has 1 aliphatic heterocycles. The maximum atomic E-state index is 14.2. The maximum absolute atomic E-state index is 14.2. The summed E-state index contributed by atoms with van der Waals surface area (Å²) in [7, 11) is 0. The Labute approximate surface area is 111 Å². The zero-order valence-corrected chi connectivity index (χ0v) is 10.6. The molecule has 4 nitrogen and oxygen atoms in total. The van der Waals surface area contributed by atoms with E-state index in [0.717, 1.165) is 25.9 Å². The quantitative estimate of drug-likeness (QED) is 0.902. The van der Waals surface area contributed by atoms with Gasteiger partial charge in [-0.3, -0.25) is 0 Å². The lowest BCUT2D eigenvalue weighted by atomic mass is 10.1. The molecule has 1 aliphatic rings. The summed E-state index contributed by atoms with van der Waals surface area (Å²) in [6.07, 6.45) is 3.48. The highest BCUT2D eigenvalue weighted by Crippen LogP contribution is 2.28. The normalized spacial score (nSPS) is 15.7. The zero-order chi connectivity index (χ0) is 13.2. The molecule has 0 spiro atoms. The maximum Gasteiger partial charge on any atom is 0.169 e. The first-order chi connectivity index (χ1) is 9.24. The number of hydrogen-bond donors (Lipinski definition) is 1. The van der Waals surface area contributed by atoms with Crippen LogP contribution in [0.25, 0.3) is 11.3 Å². The Bertz CT molecular complexity index is 576. The highest BCUT2D eigenvalue weighted by Gasteiger charge is 2.16. The fraction of sp³-hybridized carbons (Fsp3) is 0.357. The van der Waals surface area contributed by atoms with Crippen molar-refractivity contribution in [3.05, 3.63) is 30.1 Å². The molecule has 2 N–H and O–H groups in total. The molecular weight excluding hydrogens is 245 g/mol. The first-order valence-electron chi connectivity index (χ1n) is 6.51. The van der Waals surface area contributed by atoms with E-state index >= 15 is 0 Å². The number of anilines is 2. The monoisotopic (exact) mass is 261 g/mol. The van der Waals surface area contributed by atoms with E-state index in [9.17, 15) is 4.39 Å². The summed E-state index contributed by atoms with van der Waals surface area (Å²) in [4.78, 5) is 2.09. The van der Waals surface area contributed by atoms with Crippen molar-refractivity contribution in [1.82, 2.24) is 5.16 Å². The molecule has 1 aromatic carbocycles. The van der Waals surface area contributed by atoms with Crippen LogP contribution >= 0.6 is 0 Å². The average molecular weight is 261 g/mol. The summed E-state index contributed by atoms with van der Waals surface area (Å²) in [6.45, 7) is 1.84. The fourth-order valence-electron chi connectivity index (χ4n) is 2.48. The van der Waals surface area contributed by atoms with Gasteiger partial charge in [0, 0.05) is 24.7 Å². The number of benzene rings is 1. The average Bonchev–Trinajstić information content (AvgIpc) is 2.86. The van der Waals surface area contributed by atoms with E-state index in [0.29, 0.717) is 22.8 Å². The number of rotatable bonds is 2. The van der Waals surface area contributed by atoms with Crippen molar-refractivity contribution in [2.45, 2.75) is 19.3 Å². The Morgan fingerprint density at radius 2 is 1.95 bits per heavy atom. The lowest BCUT2D eigenvalue weighted by molar-refractivity contribution is 0.435. The van der Waals surface area contributed by atoms with E-state index in [1.807, 2.05) is 6.07 Å². The van der Waals surface area contributed by atoms with E-state index in [2.05, 4.69) is 10.1 Å². The van der Waals surface area contributed by atoms with Crippen LogP contribution in [0.2, 0.25) is 0 Å². The minimum absolute atomic E-state index is 0.227. The SMILES string of the molecule is Nc1cc(-c2ccc(N3CCCCC3)c(F)c2)on1. The van der Waals surface area contributed by atoms with Gasteiger partial charge in [-0.15, -0.1) is 0 Å². The van der Waals surface area contributed by atoms with Gasteiger partial charge in [0.05, 0.1) is 5.69 Å². The number of nitrogen functional groups attached to an aromatic ring is 1. The van der Waals surface area contributed by atoms with Crippen LogP contribution in [0.15, 0.2) is 28.8 Å². The van der Waals surface area contributed by atoms with E-state index in [1.165, 1.54) is 12.5 Å². The van der Waals surface area contributed by atoms with Crippen molar-refractivity contribution >= 4 is 11.5 Å². The van der Waals surface area contributed by atoms with Crippen molar-refractivity contribution in [1.29, 1.82) is 0 Å². The highest BCUT2D eigenvalue weighted by molar-refractivity contribution is 5.64. The van der Waals surface area contributed by atoms with Crippen LogP contribution in [0.5, 0.6) is 0 Å². The number of aromatic nitrogens is 1. The molecule has 0 unspecified atom stereocenters.